The molecule has 35 heavy (non-hydrogen) atoms. The SMILES string of the molecule is COC(C)(C)CCCC1=CC(=O)C=C(CCC2=CC(=O)C=C(CCCC(C)(C)C(=O)O)C2=O)C1=O. The predicted octanol–water partition coefficient (Wildman–Crippen LogP) is 4.65. The molecule has 0 radical (unpaired) electrons. The highest BCUT2D eigenvalue weighted by molar-refractivity contribution is 6.21. The van der Waals surface area contributed by atoms with Gasteiger partial charge >= 0.3 is 5.97 Å². The van der Waals surface area contributed by atoms with E-state index in [1.165, 1.54) is 24.3 Å². The van der Waals surface area contributed by atoms with Crippen molar-refractivity contribution < 1.29 is 33.8 Å². The molecule has 0 spiro atoms. The van der Waals surface area contributed by atoms with Gasteiger partial charge in [-0.2, -0.15) is 0 Å². The first-order chi connectivity index (χ1) is 16.3. The Balaban J connectivity index is 1.96. The normalized spacial score (nSPS) is 17.2. The number of methoxy groups -OCH3 is 1. The minimum absolute atomic E-state index is 0.178. The second-order valence-electron chi connectivity index (χ2n) is 10.5. The second-order valence-corrected chi connectivity index (χ2v) is 10.5. The van der Waals surface area contributed by atoms with Crippen LogP contribution in [0, 0.1) is 5.41 Å². The Morgan fingerprint density at radius 1 is 0.714 bits per heavy atom. The van der Waals surface area contributed by atoms with E-state index in [9.17, 15) is 29.1 Å². The maximum atomic E-state index is 12.9. The molecule has 0 unspecified atom stereocenters. The number of allylic oxidation sites excluding steroid dienone is 8. The van der Waals surface area contributed by atoms with E-state index in [-0.39, 0.29) is 41.6 Å². The van der Waals surface area contributed by atoms with E-state index in [0.717, 1.165) is 6.42 Å². The van der Waals surface area contributed by atoms with Crippen LogP contribution >= 0.6 is 0 Å². The van der Waals surface area contributed by atoms with Gasteiger partial charge in [-0.1, -0.05) is 0 Å². The number of hydrogen-bond donors (Lipinski definition) is 1. The summed E-state index contributed by atoms with van der Waals surface area (Å²) in [6.07, 6.45) is 8.69. The van der Waals surface area contributed by atoms with Crippen LogP contribution in [0.2, 0.25) is 0 Å². The molecule has 0 fully saturated rings. The van der Waals surface area contributed by atoms with Gasteiger partial charge < -0.3 is 9.84 Å². The van der Waals surface area contributed by atoms with Crippen LogP contribution in [0.25, 0.3) is 0 Å². The van der Waals surface area contributed by atoms with Gasteiger partial charge in [0.15, 0.2) is 23.1 Å². The minimum atomic E-state index is -0.911. The van der Waals surface area contributed by atoms with Crippen LogP contribution in [0.4, 0.5) is 0 Å². The Hall–Kier alpha value is -2.93. The second kappa shape index (κ2) is 11.7. The molecule has 0 heterocycles. The number of carbonyl (C=O) groups excluding carboxylic acids is 4. The number of ketones is 4. The topological polar surface area (TPSA) is 115 Å². The highest BCUT2D eigenvalue weighted by atomic mass is 16.5. The van der Waals surface area contributed by atoms with Gasteiger partial charge in [0.1, 0.15) is 0 Å². The van der Waals surface area contributed by atoms with Gasteiger partial charge in [-0.15, -0.1) is 0 Å². The summed E-state index contributed by atoms with van der Waals surface area (Å²) >= 11 is 0. The van der Waals surface area contributed by atoms with E-state index in [0.29, 0.717) is 54.4 Å². The molecule has 2 aliphatic carbocycles. The Bertz CT molecular complexity index is 1030. The molecular weight excluding hydrogens is 448 g/mol. The molecular formula is C28H36O7. The molecule has 0 aromatic carbocycles. The Morgan fingerprint density at radius 2 is 1.09 bits per heavy atom. The van der Waals surface area contributed by atoms with Gasteiger partial charge in [0.2, 0.25) is 0 Å². The van der Waals surface area contributed by atoms with Gasteiger partial charge in [-0.3, -0.25) is 24.0 Å². The molecule has 7 nitrogen and oxygen atoms in total. The fourth-order valence-corrected chi connectivity index (χ4v) is 4.09. The van der Waals surface area contributed by atoms with E-state index in [4.69, 9.17) is 4.74 Å². The number of carbonyl (C=O) groups is 5. The highest BCUT2D eigenvalue weighted by Crippen LogP contribution is 2.29. The lowest BCUT2D eigenvalue weighted by Gasteiger charge is -2.23. The summed E-state index contributed by atoms with van der Waals surface area (Å²) in [5.74, 6) is -1.91. The van der Waals surface area contributed by atoms with E-state index >= 15 is 0 Å². The maximum Gasteiger partial charge on any atom is 0.309 e. The molecule has 2 rings (SSSR count). The Labute approximate surface area is 207 Å². The molecule has 0 amide bonds. The van der Waals surface area contributed by atoms with Crippen molar-refractivity contribution in [2.24, 2.45) is 5.41 Å². The first kappa shape index (κ1) is 28.3. The summed E-state index contributed by atoms with van der Waals surface area (Å²) in [4.78, 5) is 61.5. The summed E-state index contributed by atoms with van der Waals surface area (Å²) in [6, 6.07) is 0. The molecule has 0 saturated heterocycles. The zero-order valence-electron chi connectivity index (χ0n) is 21.4. The summed E-state index contributed by atoms with van der Waals surface area (Å²) < 4.78 is 5.40. The third-order valence-corrected chi connectivity index (χ3v) is 6.70. The lowest BCUT2D eigenvalue weighted by atomic mass is 9.83. The van der Waals surface area contributed by atoms with Crippen molar-refractivity contribution in [3.05, 3.63) is 46.6 Å². The lowest BCUT2D eigenvalue weighted by Crippen LogP contribution is -2.23. The summed E-state index contributed by atoms with van der Waals surface area (Å²) in [5.41, 5.74) is 0.251. The van der Waals surface area contributed by atoms with Crippen LogP contribution in [0.15, 0.2) is 46.6 Å². The van der Waals surface area contributed by atoms with Crippen molar-refractivity contribution in [1.29, 1.82) is 0 Å². The number of Topliss-reactive ketones (excluding diaryl/α,β-unsaturated/α-hetero) is 2. The van der Waals surface area contributed by atoms with Crippen molar-refractivity contribution in [3.8, 4) is 0 Å². The number of carboxylic acids is 1. The molecule has 7 heteroatoms. The first-order valence-electron chi connectivity index (χ1n) is 12.0. The Morgan fingerprint density at radius 3 is 1.46 bits per heavy atom. The zero-order chi connectivity index (χ0) is 26.4. The van der Waals surface area contributed by atoms with Gasteiger partial charge in [0.25, 0.3) is 0 Å². The van der Waals surface area contributed by atoms with E-state index < -0.39 is 11.4 Å². The number of hydrogen-bond acceptors (Lipinski definition) is 6. The number of ether oxygens (including phenoxy) is 1. The van der Waals surface area contributed by atoms with Crippen LogP contribution in [0.5, 0.6) is 0 Å². The van der Waals surface area contributed by atoms with Crippen molar-refractivity contribution in [3.63, 3.8) is 0 Å². The molecule has 0 bridgehead atoms. The third kappa shape index (κ3) is 8.06. The minimum Gasteiger partial charge on any atom is -0.481 e. The van der Waals surface area contributed by atoms with E-state index in [2.05, 4.69) is 0 Å². The van der Waals surface area contributed by atoms with Gasteiger partial charge in [-0.05, 0) is 103 Å². The Kier molecular flexibility index (Phi) is 9.44. The average molecular weight is 485 g/mol. The molecule has 0 saturated carbocycles. The van der Waals surface area contributed by atoms with E-state index in [1.807, 2.05) is 13.8 Å². The summed E-state index contributed by atoms with van der Waals surface area (Å²) in [5, 5.41) is 9.25. The van der Waals surface area contributed by atoms with Crippen molar-refractivity contribution >= 4 is 29.1 Å². The van der Waals surface area contributed by atoms with Gasteiger partial charge in [-0.25, -0.2) is 0 Å². The number of aliphatic carboxylic acids is 1. The number of rotatable bonds is 13. The monoisotopic (exact) mass is 484 g/mol. The van der Waals surface area contributed by atoms with Crippen LogP contribution in [-0.4, -0.2) is 46.9 Å². The van der Waals surface area contributed by atoms with Crippen LogP contribution in [0.3, 0.4) is 0 Å². The fourth-order valence-electron chi connectivity index (χ4n) is 4.09. The van der Waals surface area contributed by atoms with Crippen molar-refractivity contribution in [1.82, 2.24) is 0 Å². The third-order valence-electron chi connectivity index (χ3n) is 6.70. The smallest absolute Gasteiger partial charge is 0.309 e. The summed E-state index contributed by atoms with van der Waals surface area (Å²) in [7, 11) is 1.64. The molecule has 1 N–H and O–H groups in total. The first-order valence-corrected chi connectivity index (χ1v) is 12.0. The maximum absolute atomic E-state index is 12.9. The molecule has 0 aliphatic heterocycles. The van der Waals surface area contributed by atoms with E-state index in [1.54, 1.807) is 21.0 Å². The molecule has 190 valence electrons. The molecule has 0 aromatic rings. The van der Waals surface area contributed by atoms with Crippen molar-refractivity contribution in [2.75, 3.05) is 7.11 Å². The largest absolute Gasteiger partial charge is 0.481 e. The fraction of sp³-hybridized carbons (Fsp3) is 0.536. The number of carboxylic acid groups (broad SMARTS) is 1. The van der Waals surface area contributed by atoms with Crippen molar-refractivity contribution in [2.45, 2.75) is 84.7 Å². The van der Waals surface area contributed by atoms with Crippen LogP contribution < -0.4 is 0 Å². The average Bonchev–Trinajstić information content (AvgIpc) is 2.77. The molecule has 2 aliphatic rings. The molecule has 0 aromatic heterocycles. The zero-order valence-corrected chi connectivity index (χ0v) is 21.4. The van der Waals surface area contributed by atoms with Crippen LogP contribution in [-0.2, 0) is 28.7 Å². The highest BCUT2D eigenvalue weighted by Gasteiger charge is 2.29. The lowest BCUT2D eigenvalue weighted by molar-refractivity contribution is -0.147. The predicted molar refractivity (Wildman–Crippen MR) is 132 cm³/mol. The molecule has 0 atom stereocenters. The van der Waals surface area contributed by atoms with Crippen LogP contribution in [0.1, 0.15) is 79.1 Å². The standard InChI is InChI=1S/C28H36O7/c1-27(2,26(33)34)12-6-8-18-14-22(29)16-20(24(18)31)10-11-21-17-23(30)15-19(25(21)32)9-7-13-28(3,4)35-5/h14-17H,6-13H2,1-5H3,(H,33,34). The van der Waals surface area contributed by atoms with Gasteiger partial charge in [0.05, 0.1) is 11.0 Å². The quantitative estimate of drug-likeness (QED) is 0.378. The van der Waals surface area contributed by atoms with Gasteiger partial charge in [0, 0.05) is 29.4 Å². The summed E-state index contributed by atoms with van der Waals surface area (Å²) in [6.45, 7) is 7.18.